The average molecular weight is 190 g/mol. The largest absolute Gasteiger partial charge is 0.478 e. The second-order valence-electron chi connectivity index (χ2n) is 3.21. The number of carbonyl (C=O) groups is 1. The molecule has 0 aromatic heterocycles. The van der Waals surface area contributed by atoms with Crippen LogP contribution in [-0.4, -0.2) is 11.1 Å². The molecule has 0 spiro atoms. The van der Waals surface area contributed by atoms with Gasteiger partial charge in [-0.05, 0) is 17.5 Å². The van der Waals surface area contributed by atoms with Crippen LogP contribution in [-0.2, 0) is 17.6 Å². The van der Waals surface area contributed by atoms with Gasteiger partial charge in [0, 0.05) is 12.0 Å². The summed E-state index contributed by atoms with van der Waals surface area (Å²) in [6.07, 6.45) is 1.35. The molecule has 14 heavy (non-hydrogen) atoms. The number of carboxylic acids is 1. The molecule has 1 rings (SSSR count). The molecule has 0 bridgehead atoms. The Balaban J connectivity index is 2.85. The fraction of sp³-hybridized carbons (Fsp3) is 0.250. The lowest BCUT2D eigenvalue weighted by molar-refractivity contribution is -0.132. The Labute approximate surface area is 83.9 Å². The summed E-state index contributed by atoms with van der Waals surface area (Å²) in [7, 11) is 0. The van der Waals surface area contributed by atoms with Crippen LogP contribution in [0.3, 0.4) is 0 Å². The first-order valence-electron chi connectivity index (χ1n) is 4.63. The molecule has 0 fully saturated rings. The van der Waals surface area contributed by atoms with Crippen molar-refractivity contribution in [3.05, 3.63) is 47.5 Å². The molecule has 1 aromatic carbocycles. The van der Waals surface area contributed by atoms with E-state index in [1.165, 1.54) is 5.56 Å². The van der Waals surface area contributed by atoms with Gasteiger partial charge >= 0.3 is 5.97 Å². The van der Waals surface area contributed by atoms with E-state index in [0.29, 0.717) is 6.42 Å². The molecule has 74 valence electrons. The zero-order valence-electron chi connectivity index (χ0n) is 8.29. The van der Waals surface area contributed by atoms with Gasteiger partial charge in [0.25, 0.3) is 0 Å². The van der Waals surface area contributed by atoms with E-state index in [2.05, 4.69) is 13.5 Å². The highest BCUT2D eigenvalue weighted by molar-refractivity contribution is 5.86. The topological polar surface area (TPSA) is 37.3 Å². The zero-order chi connectivity index (χ0) is 10.6. The summed E-state index contributed by atoms with van der Waals surface area (Å²) in [5, 5.41) is 8.71. The highest BCUT2D eigenvalue weighted by Crippen LogP contribution is 2.13. The molecule has 0 heterocycles. The van der Waals surface area contributed by atoms with Gasteiger partial charge in [-0.25, -0.2) is 4.79 Å². The number of benzene rings is 1. The maximum atomic E-state index is 10.6. The standard InChI is InChI=1S/C12H14O2/c1-3-10-6-4-5-7-11(10)8-9(2)12(13)14/h4-7H,2-3,8H2,1H3,(H,13,14). The maximum absolute atomic E-state index is 10.6. The van der Waals surface area contributed by atoms with Crippen molar-refractivity contribution in [2.75, 3.05) is 0 Å². The number of rotatable bonds is 4. The van der Waals surface area contributed by atoms with Crippen molar-refractivity contribution in [3.63, 3.8) is 0 Å². The van der Waals surface area contributed by atoms with Crippen LogP contribution in [0.25, 0.3) is 0 Å². The van der Waals surface area contributed by atoms with Crippen molar-refractivity contribution < 1.29 is 9.90 Å². The Bertz CT molecular complexity index is 353. The van der Waals surface area contributed by atoms with E-state index in [9.17, 15) is 4.79 Å². The Morgan fingerprint density at radius 3 is 2.43 bits per heavy atom. The molecule has 0 aliphatic heterocycles. The van der Waals surface area contributed by atoms with Crippen molar-refractivity contribution in [3.8, 4) is 0 Å². The van der Waals surface area contributed by atoms with Gasteiger partial charge in [-0.15, -0.1) is 0 Å². The highest BCUT2D eigenvalue weighted by atomic mass is 16.4. The van der Waals surface area contributed by atoms with Crippen molar-refractivity contribution in [2.24, 2.45) is 0 Å². The first kappa shape index (κ1) is 10.5. The van der Waals surface area contributed by atoms with Gasteiger partial charge in [0.15, 0.2) is 0 Å². The van der Waals surface area contributed by atoms with Crippen LogP contribution in [0.15, 0.2) is 36.4 Å². The average Bonchev–Trinajstić information content (AvgIpc) is 2.18. The Morgan fingerprint density at radius 2 is 1.93 bits per heavy atom. The highest BCUT2D eigenvalue weighted by Gasteiger charge is 2.07. The quantitative estimate of drug-likeness (QED) is 0.740. The van der Waals surface area contributed by atoms with Crippen molar-refractivity contribution in [1.82, 2.24) is 0 Å². The van der Waals surface area contributed by atoms with Crippen molar-refractivity contribution >= 4 is 5.97 Å². The lowest BCUT2D eigenvalue weighted by Gasteiger charge is -2.06. The molecule has 0 saturated carbocycles. The number of hydrogen-bond acceptors (Lipinski definition) is 1. The molecule has 0 aliphatic rings. The maximum Gasteiger partial charge on any atom is 0.331 e. The Morgan fingerprint density at radius 1 is 1.36 bits per heavy atom. The number of hydrogen-bond donors (Lipinski definition) is 1. The fourth-order valence-electron chi connectivity index (χ4n) is 1.38. The molecule has 1 N–H and O–H groups in total. The molecule has 2 heteroatoms. The van der Waals surface area contributed by atoms with E-state index in [1.54, 1.807) is 0 Å². The van der Waals surface area contributed by atoms with E-state index >= 15 is 0 Å². The van der Waals surface area contributed by atoms with E-state index in [4.69, 9.17) is 5.11 Å². The normalized spacial score (nSPS) is 9.79. The second kappa shape index (κ2) is 4.61. The third-order valence-electron chi connectivity index (χ3n) is 2.21. The summed E-state index contributed by atoms with van der Waals surface area (Å²) >= 11 is 0. The number of aliphatic carboxylic acids is 1. The first-order chi connectivity index (χ1) is 6.65. The van der Waals surface area contributed by atoms with Crippen LogP contribution in [0.1, 0.15) is 18.1 Å². The lowest BCUT2D eigenvalue weighted by atomic mass is 9.99. The molecule has 0 amide bonds. The number of carboxylic acid groups (broad SMARTS) is 1. The second-order valence-corrected chi connectivity index (χ2v) is 3.21. The van der Waals surface area contributed by atoms with Crippen LogP contribution in [0.5, 0.6) is 0 Å². The molecule has 0 saturated heterocycles. The Kier molecular flexibility index (Phi) is 3.46. The summed E-state index contributed by atoms with van der Waals surface area (Å²) in [6.45, 7) is 5.58. The Hall–Kier alpha value is -1.57. The predicted octanol–water partition coefficient (Wildman–Crippen LogP) is 2.43. The molecule has 2 nitrogen and oxygen atoms in total. The van der Waals surface area contributed by atoms with E-state index < -0.39 is 5.97 Å². The van der Waals surface area contributed by atoms with Gasteiger partial charge in [-0.2, -0.15) is 0 Å². The number of aryl methyl sites for hydroxylation is 1. The van der Waals surface area contributed by atoms with Gasteiger partial charge in [-0.3, -0.25) is 0 Å². The molecule has 0 aliphatic carbocycles. The molecule has 0 atom stereocenters. The summed E-state index contributed by atoms with van der Waals surface area (Å²) in [4.78, 5) is 10.6. The van der Waals surface area contributed by atoms with E-state index in [0.717, 1.165) is 12.0 Å². The third-order valence-corrected chi connectivity index (χ3v) is 2.21. The van der Waals surface area contributed by atoms with E-state index in [-0.39, 0.29) is 5.57 Å². The predicted molar refractivity (Wildman–Crippen MR) is 56.3 cm³/mol. The molecule has 0 unspecified atom stereocenters. The van der Waals surface area contributed by atoms with Crippen molar-refractivity contribution in [2.45, 2.75) is 19.8 Å². The zero-order valence-corrected chi connectivity index (χ0v) is 8.29. The van der Waals surface area contributed by atoms with Crippen LogP contribution in [0, 0.1) is 0 Å². The van der Waals surface area contributed by atoms with Crippen LogP contribution < -0.4 is 0 Å². The van der Waals surface area contributed by atoms with Crippen LogP contribution in [0.2, 0.25) is 0 Å². The molecular weight excluding hydrogens is 176 g/mol. The summed E-state index contributed by atoms with van der Waals surface area (Å²) in [6, 6.07) is 7.85. The van der Waals surface area contributed by atoms with Gasteiger partial charge in [0.2, 0.25) is 0 Å². The summed E-state index contributed by atoms with van der Waals surface area (Å²) in [5.74, 6) is -0.920. The third kappa shape index (κ3) is 2.46. The summed E-state index contributed by atoms with van der Waals surface area (Å²) < 4.78 is 0. The van der Waals surface area contributed by atoms with Crippen molar-refractivity contribution in [1.29, 1.82) is 0 Å². The van der Waals surface area contributed by atoms with Crippen LogP contribution >= 0.6 is 0 Å². The molecule has 1 aromatic rings. The SMILES string of the molecule is C=C(Cc1ccccc1CC)C(=O)O. The fourth-order valence-corrected chi connectivity index (χ4v) is 1.38. The minimum atomic E-state index is -0.920. The van der Waals surface area contributed by atoms with Crippen LogP contribution in [0.4, 0.5) is 0 Å². The van der Waals surface area contributed by atoms with E-state index in [1.807, 2.05) is 24.3 Å². The van der Waals surface area contributed by atoms with Gasteiger partial charge in [0.1, 0.15) is 0 Å². The first-order valence-corrected chi connectivity index (χ1v) is 4.63. The lowest BCUT2D eigenvalue weighted by Crippen LogP contribution is -2.03. The monoisotopic (exact) mass is 190 g/mol. The van der Waals surface area contributed by atoms with Gasteiger partial charge in [-0.1, -0.05) is 37.8 Å². The van der Waals surface area contributed by atoms with Gasteiger partial charge in [0.05, 0.1) is 0 Å². The van der Waals surface area contributed by atoms with Gasteiger partial charge < -0.3 is 5.11 Å². The minimum absolute atomic E-state index is 0.242. The minimum Gasteiger partial charge on any atom is -0.478 e. The molecular formula is C12H14O2. The molecule has 0 radical (unpaired) electrons. The summed E-state index contributed by atoms with van der Waals surface area (Å²) in [5.41, 5.74) is 2.49. The smallest absolute Gasteiger partial charge is 0.331 e.